The molecule has 5 nitrogen and oxygen atoms in total. The monoisotopic (exact) mass is 347 g/mol. The molecule has 6 heteroatoms. The summed E-state index contributed by atoms with van der Waals surface area (Å²) in [5.74, 6) is 0.312. The molecule has 0 atom stereocenters. The second-order valence-electron chi connectivity index (χ2n) is 5.33. The molecule has 0 aromatic heterocycles. The molecule has 0 saturated carbocycles. The highest BCUT2D eigenvalue weighted by Gasteiger charge is 2.15. The SMILES string of the molecule is COc1cccc(CCNC(=O)CCS(=O)(=O)c2ccccc2)c1. The van der Waals surface area contributed by atoms with Crippen LogP contribution in [0.2, 0.25) is 0 Å². The lowest BCUT2D eigenvalue weighted by Gasteiger charge is -2.07. The van der Waals surface area contributed by atoms with E-state index >= 15 is 0 Å². The number of hydrogen-bond donors (Lipinski definition) is 1. The number of amides is 1. The van der Waals surface area contributed by atoms with Crippen LogP contribution in [0.4, 0.5) is 0 Å². The molecule has 128 valence electrons. The largest absolute Gasteiger partial charge is 0.497 e. The van der Waals surface area contributed by atoms with Gasteiger partial charge in [-0.2, -0.15) is 0 Å². The maximum absolute atomic E-state index is 12.1. The van der Waals surface area contributed by atoms with E-state index in [1.807, 2.05) is 24.3 Å². The number of methoxy groups -OCH3 is 1. The molecule has 0 radical (unpaired) electrons. The van der Waals surface area contributed by atoms with Crippen molar-refractivity contribution in [3.8, 4) is 5.75 Å². The van der Waals surface area contributed by atoms with Crippen LogP contribution in [0, 0.1) is 0 Å². The zero-order chi connectivity index (χ0) is 17.4. The lowest BCUT2D eigenvalue weighted by Crippen LogP contribution is -2.27. The van der Waals surface area contributed by atoms with E-state index in [9.17, 15) is 13.2 Å². The van der Waals surface area contributed by atoms with Crippen LogP contribution in [0.5, 0.6) is 5.75 Å². The van der Waals surface area contributed by atoms with Gasteiger partial charge in [0.15, 0.2) is 9.84 Å². The van der Waals surface area contributed by atoms with Crippen molar-refractivity contribution in [1.29, 1.82) is 0 Å². The first-order chi connectivity index (χ1) is 11.5. The van der Waals surface area contributed by atoms with Crippen molar-refractivity contribution in [2.75, 3.05) is 19.4 Å². The molecule has 0 fully saturated rings. The maximum atomic E-state index is 12.1. The summed E-state index contributed by atoms with van der Waals surface area (Å²) in [7, 11) is -1.81. The van der Waals surface area contributed by atoms with E-state index in [1.165, 1.54) is 12.1 Å². The lowest BCUT2D eigenvalue weighted by atomic mass is 10.1. The Labute approximate surface area is 142 Å². The van der Waals surface area contributed by atoms with Crippen LogP contribution in [0.3, 0.4) is 0 Å². The molecule has 0 spiro atoms. The topological polar surface area (TPSA) is 72.5 Å². The molecule has 0 aliphatic carbocycles. The maximum Gasteiger partial charge on any atom is 0.221 e. The van der Waals surface area contributed by atoms with Crippen molar-refractivity contribution in [1.82, 2.24) is 5.32 Å². The van der Waals surface area contributed by atoms with Gasteiger partial charge in [0.1, 0.15) is 5.75 Å². The summed E-state index contributed by atoms with van der Waals surface area (Å²) < 4.78 is 29.4. The summed E-state index contributed by atoms with van der Waals surface area (Å²) in [6, 6.07) is 15.8. The quantitative estimate of drug-likeness (QED) is 0.795. The van der Waals surface area contributed by atoms with E-state index in [0.29, 0.717) is 13.0 Å². The summed E-state index contributed by atoms with van der Waals surface area (Å²) in [6.45, 7) is 0.456. The zero-order valence-electron chi connectivity index (χ0n) is 13.6. The molecule has 2 rings (SSSR count). The molecular weight excluding hydrogens is 326 g/mol. The van der Waals surface area contributed by atoms with E-state index in [2.05, 4.69) is 5.32 Å². The minimum atomic E-state index is -3.42. The van der Waals surface area contributed by atoms with Crippen LogP contribution in [-0.2, 0) is 21.1 Å². The molecule has 0 saturated heterocycles. The highest BCUT2D eigenvalue weighted by atomic mass is 32.2. The van der Waals surface area contributed by atoms with Gasteiger partial charge in [0, 0.05) is 13.0 Å². The second-order valence-corrected chi connectivity index (χ2v) is 7.44. The van der Waals surface area contributed by atoms with Crippen LogP contribution in [-0.4, -0.2) is 33.7 Å². The van der Waals surface area contributed by atoms with Gasteiger partial charge in [0.2, 0.25) is 5.91 Å². The Morgan fingerprint density at radius 2 is 1.83 bits per heavy atom. The minimum absolute atomic E-state index is 0.0463. The standard InChI is InChI=1S/C18H21NO4S/c1-23-16-7-5-6-15(14-16)10-12-19-18(20)11-13-24(21,22)17-8-3-2-4-9-17/h2-9,14H,10-13H2,1H3,(H,19,20). The van der Waals surface area contributed by atoms with E-state index in [-0.39, 0.29) is 23.0 Å². The number of nitrogens with one attached hydrogen (secondary N) is 1. The summed E-state index contributed by atoms with van der Waals surface area (Å²) in [4.78, 5) is 12.1. The molecule has 0 aliphatic rings. The number of benzene rings is 2. The molecule has 24 heavy (non-hydrogen) atoms. The Balaban J connectivity index is 1.77. The third-order valence-electron chi connectivity index (χ3n) is 3.57. The molecule has 0 unspecified atom stereocenters. The van der Waals surface area contributed by atoms with Crippen LogP contribution < -0.4 is 10.1 Å². The number of sulfone groups is 1. The van der Waals surface area contributed by atoms with Crippen molar-refractivity contribution in [3.05, 3.63) is 60.2 Å². The summed E-state index contributed by atoms with van der Waals surface area (Å²) >= 11 is 0. The van der Waals surface area contributed by atoms with Gasteiger partial charge in [0.05, 0.1) is 17.8 Å². The molecule has 0 heterocycles. The Kier molecular flexibility index (Phi) is 6.37. The van der Waals surface area contributed by atoms with E-state index in [0.717, 1.165) is 11.3 Å². The van der Waals surface area contributed by atoms with Crippen LogP contribution in [0.15, 0.2) is 59.5 Å². The molecular formula is C18H21NO4S. The Hall–Kier alpha value is -2.34. The molecule has 1 amide bonds. The second kappa shape index (κ2) is 8.49. The average molecular weight is 347 g/mol. The fourth-order valence-electron chi connectivity index (χ4n) is 2.24. The van der Waals surface area contributed by atoms with E-state index in [1.54, 1.807) is 25.3 Å². The zero-order valence-corrected chi connectivity index (χ0v) is 14.4. The third kappa shape index (κ3) is 5.38. The van der Waals surface area contributed by atoms with Gasteiger partial charge in [-0.25, -0.2) is 8.42 Å². The van der Waals surface area contributed by atoms with E-state index in [4.69, 9.17) is 4.74 Å². The summed E-state index contributed by atoms with van der Waals surface area (Å²) in [5.41, 5.74) is 1.05. The van der Waals surface area contributed by atoms with Crippen molar-refractivity contribution in [2.24, 2.45) is 0 Å². The highest BCUT2D eigenvalue weighted by Crippen LogP contribution is 2.13. The Morgan fingerprint density at radius 3 is 2.54 bits per heavy atom. The van der Waals surface area contributed by atoms with Crippen molar-refractivity contribution < 1.29 is 17.9 Å². The lowest BCUT2D eigenvalue weighted by molar-refractivity contribution is -0.120. The van der Waals surface area contributed by atoms with Crippen LogP contribution in [0.1, 0.15) is 12.0 Å². The summed E-state index contributed by atoms with van der Waals surface area (Å²) in [5, 5.41) is 2.75. The Bertz CT molecular complexity index is 773. The van der Waals surface area contributed by atoms with Crippen LogP contribution >= 0.6 is 0 Å². The van der Waals surface area contributed by atoms with Crippen LogP contribution in [0.25, 0.3) is 0 Å². The number of hydrogen-bond acceptors (Lipinski definition) is 4. The van der Waals surface area contributed by atoms with Gasteiger partial charge in [0.25, 0.3) is 0 Å². The number of ether oxygens (including phenoxy) is 1. The normalized spacial score (nSPS) is 11.0. The molecule has 0 aliphatic heterocycles. The Morgan fingerprint density at radius 1 is 1.08 bits per heavy atom. The van der Waals surface area contributed by atoms with Gasteiger partial charge in [-0.05, 0) is 36.2 Å². The molecule has 2 aromatic rings. The number of rotatable bonds is 8. The first-order valence-electron chi connectivity index (χ1n) is 7.69. The fraction of sp³-hybridized carbons (Fsp3) is 0.278. The molecule has 2 aromatic carbocycles. The first kappa shape index (κ1) is 18.0. The first-order valence-corrected chi connectivity index (χ1v) is 9.34. The summed E-state index contributed by atoms with van der Waals surface area (Å²) in [6.07, 6.45) is 0.615. The van der Waals surface area contributed by atoms with E-state index < -0.39 is 9.84 Å². The predicted molar refractivity (Wildman–Crippen MR) is 92.8 cm³/mol. The fourth-order valence-corrected chi connectivity index (χ4v) is 3.50. The smallest absolute Gasteiger partial charge is 0.221 e. The van der Waals surface area contributed by atoms with Gasteiger partial charge >= 0.3 is 0 Å². The van der Waals surface area contributed by atoms with Crippen molar-refractivity contribution in [2.45, 2.75) is 17.7 Å². The number of carbonyl (C=O) groups is 1. The van der Waals surface area contributed by atoms with Crippen molar-refractivity contribution >= 4 is 15.7 Å². The van der Waals surface area contributed by atoms with Crippen molar-refractivity contribution in [3.63, 3.8) is 0 Å². The average Bonchev–Trinajstić information content (AvgIpc) is 2.61. The minimum Gasteiger partial charge on any atom is -0.497 e. The number of carbonyl (C=O) groups excluding carboxylic acids is 1. The van der Waals surface area contributed by atoms with Gasteiger partial charge in [-0.15, -0.1) is 0 Å². The van der Waals surface area contributed by atoms with Gasteiger partial charge < -0.3 is 10.1 Å². The predicted octanol–water partition coefficient (Wildman–Crippen LogP) is 2.22. The molecule has 0 bridgehead atoms. The third-order valence-corrected chi connectivity index (χ3v) is 5.30. The van der Waals surface area contributed by atoms with Gasteiger partial charge in [-0.1, -0.05) is 30.3 Å². The molecule has 1 N–H and O–H groups in total. The van der Waals surface area contributed by atoms with Gasteiger partial charge in [-0.3, -0.25) is 4.79 Å². The highest BCUT2D eigenvalue weighted by molar-refractivity contribution is 7.91.